The number of carbonyl (C=O) groups excluding carboxylic acids is 2. The second-order valence-electron chi connectivity index (χ2n) is 7.53. The second kappa shape index (κ2) is 8.17. The molecule has 1 aromatic rings. The minimum atomic E-state index is -1.11. The van der Waals surface area contributed by atoms with E-state index in [-0.39, 0.29) is 6.42 Å². The number of rotatable bonds is 5. The lowest BCUT2D eigenvalue weighted by atomic mass is 10.1. The van der Waals surface area contributed by atoms with Crippen LogP contribution in [0.3, 0.4) is 0 Å². The summed E-state index contributed by atoms with van der Waals surface area (Å²) in [4.78, 5) is 38.3. The number of ether oxygens (including phenoxy) is 1. The van der Waals surface area contributed by atoms with Crippen molar-refractivity contribution in [2.24, 2.45) is 0 Å². The van der Waals surface area contributed by atoms with Gasteiger partial charge < -0.3 is 15.2 Å². The molecule has 0 fully saturated rings. The number of nitrogens with zero attached hydrogens (tertiary/aromatic N) is 1. The van der Waals surface area contributed by atoms with E-state index in [0.29, 0.717) is 29.1 Å². The summed E-state index contributed by atoms with van der Waals surface area (Å²) in [6, 6.07) is 2.99. The molecule has 2 rings (SSSR count). The molecule has 2 amide bonds. The fourth-order valence-corrected chi connectivity index (χ4v) is 3.25. The summed E-state index contributed by atoms with van der Waals surface area (Å²) in [5, 5.41) is 12.6. The quantitative estimate of drug-likeness (QED) is 0.795. The number of hydrogen-bond acceptors (Lipinski definition) is 4. The van der Waals surface area contributed by atoms with Gasteiger partial charge in [0, 0.05) is 17.1 Å². The van der Waals surface area contributed by atoms with Crippen molar-refractivity contribution in [3.05, 3.63) is 28.8 Å². The minimum Gasteiger partial charge on any atom is -0.480 e. The maximum absolute atomic E-state index is 13.2. The van der Waals surface area contributed by atoms with Crippen LogP contribution in [0.25, 0.3) is 0 Å². The first kappa shape index (κ1) is 21.0. The molecule has 0 spiro atoms. The highest BCUT2D eigenvalue weighted by Crippen LogP contribution is 2.35. The highest BCUT2D eigenvalue weighted by Gasteiger charge is 2.41. The van der Waals surface area contributed by atoms with Crippen LogP contribution in [0.1, 0.15) is 46.1 Å². The third-order valence-electron chi connectivity index (χ3n) is 4.11. The largest absolute Gasteiger partial charge is 0.480 e. The highest BCUT2D eigenvalue weighted by molar-refractivity contribution is 6.30. The van der Waals surface area contributed by atoms with Gasteiger partial charge in [0.25, 0.3) is 5.91 Å². The van der Waals surface area contributed by atoms with Gasteiger partial charge in [-0.25, -0.2) is 9.59 Å². The van der Waals surface area contributed by atoms with E-state index in [4.69, 9.17) is 16.3 Å². The summed E-state index contributed by atoms with van der Waals surface area (Å²) in [6.07, 6.45) is 0.453. The van der Waals surface area contributed by atoms with Gasteiger partial charge in [0.15, 0.2) is 0 Å². The first-order chi connectivity index (χ1) is 12.5. The van der Waals surface area contributed by atoms with E-state index in [2.05, 4.69) is 5.32 Å². The summed E-state index contributed by atoms with van der Waals surface area (Å²) in [5.41, 5.74) is 0.490. The number of nitrogens with one attached hydrogen (secondary N) is 1. The Morgan fingerprint density at radius 3 is 2.59 bits per heavy atom. The van der Waals surface area contributed by atoms with E-state index in [0.717, 1.165) is 0 Å². The van der Waals surface area contributed by atoms with Crippen LogP contribution >= 0.6 is 11.6 Å². The molecule has 2 N–H and O–H groups in total. The molecule has 1 aliphatic heterocycles. The number of hydrogen-bond donors (Lipinski definition) is 2. The Labute approximate surface area is 163 Å². The fraction of sp³-hybridized carbons (Fsp3) is 0.526. The van der Waals surface area contributed by atoms with Crippen molar-refractivity contribution in [2.75, 3.05) is 4.90 Å². The number of halogens is 1. The van der Waals surface area contributed by atoms with E-state index >= 15 is 0 Å². The first-order valence-electron chi connectivity index (χ1n) is 8.87. The maximum atomic E-state index is 13.2. The van der Waals surface area contributed by atoms with E-state index < -0.39 is 35.7 Å². The van der Waals surface area contributed by atoms with Crippen molar-refractivity contribution in [1.29, 1.82) is 0 Å². The van der Waals surface area contributed by atoms with Crippen LogP contribution in [0.5, 0.6) is 0 Å². The van der Waals surface area contributed by atoms with Crippen LogP contribution in [0, 0.1) is 0 Å². The van der Waals surface area contributed by atoms with E-state index in [9.17, 15) is 19.5 Å². The van der Waals surface area contributed by atoms with Crippen molar-refractivity contribution in [3.63, 3.8) is 0 Å². The Bertz CT molecular complexity index is 744. The molecule has 0 saturated heterocycles. The van der Waals surface area contributed by atoms with Gasteiger partial charge in [-0.05, 0) is 51.0 Å². The Balaban J connectivity index is 2.30. The molecular weight excluding hydrogens is 372 g/mol. The zero-order valence-corrected chi connectivity index (χ0v) is 16.7. The smallest absolute Gasteiger partial charge is 0.408 e. The Morgan fingerprint density at radius 1 is 1.37 bits per heavy atom. The lowest BCUT2D eigenvalue weighted by Gasteiger charge is -2.29. The molecule has 27 heavy (non-hydrogen) atoms. The average Bonchev–Trinajstić information content (AvgIpc) is 2.90. The van der Waals surface area contributed by atoms with Crippen LogP contribution in [0.4, 0.5) is 10.5 Å². The van der Waals surface area contributed by atoms with Gasteiger partial charge in [0.2, 0.25) is 0 Å². The monoisotopic (exact) mass is 396 g/mol. The number of benzene rings is 1. The fourth-order valence-electron chi connectivity index (χ4n) is 3.05. The van der Waals surface area contributed by atoms with Crippen molar-refractivity contribution in [2.45, 2.75) is 64.6 Å². The number of alkyl carbamates (subject to hydrolysis) is 1. The normalized spacial score (nSPS) is 17.2. The SMILES string of the molecule is CCC[C@H](NC(=O)OC(C)(C)C)C(=O)N1c2ccc(Cl)cc2C[C@@H]1C(=O)O. The number of anilines is 1. The van der Waals surface area contributed by atoms with Crippen LogP contribution in [-0.2, 0) is 20.7 Å². The van der Waals surface area contributed by atoms with Crippen LogP contribution < -0.4 is 10.2 Å². The number of amides is 2. The molecule has 0 aromatic heterocycles. The van der Waals surface area contributed by atoms with E-state index in [1.54, 1.807) is 39.0 Å². The topological polar surface area (TPSA) is 95.9 Å². The minimum absolute atomic E-state index is 0.169. The maximum Gasteiger partial charge on any atom is 0.408 e. The van der Waals surface area contributed by atoms with Crippen LogP contribution in [0.15, 0.2) is 18.2 Å². The number of carboxylic acids is 1. The van der Waals surface area contributed by atoms with Crippen molar-refractivity contribution in [3.8, 4) is 0 Å². The van der Waals surface area contributed by atoms with E-state index in [1.807, 2.05) is 6.92 Å². The Morgan fingerprint density at radius 2 is 2.04 bits per heavy atom. The lowest BCUT2D eigenvalue weighted by molar-refractivity contribution is -0.140. The van der Waals surface area contributed by atoms with Crippen LogP contribution in [0.2, 0.25) is 5.02 Å². The van der Waals surface area contributed by atoms with Crippen molar-refractivity contribution in [1.82, 2.24) is 5.32 Å². The van der Waals surface area contributed by atoms with Gasteiger partial charge in [-0.15, -0.1) is 0 Å². The Kier molecular flexibility index (Phi) is 6.36. The van der Waals surface area contributed by atoms with Gasteiger partial charge in [-0.2, -0.15) is 0 Å². The molecule has 0 bridgehead atoms. The average molecular weight is 397 g/mol. The predicted octanol–water partition coefficient (Wildman–Crippen LogP) is 3.38. The molecule has 148 valence electrons. The number of aliphatic carboxylic acids is 1. The molecule has 0 aliphatic carbocycles. The number of fused-ring (bicyclic) bond motifs is 1. The summed E-state index contributed by atoms with van der Waals surface area (Å²) in [6.45, 7) is 7.06. The molecule has 0 saturated carbocycles. The third-order valence-corrected chi connectivity index (χ3v) is 4.35. The summed E-state index contributed by atoms with van der Waals surface area (Å²) in [5.74, 6) is -1.58. The molecule has 1 heterocycles. The van der Waals surface area contributed by atoms with Crippen molar-refractivity contribution < 1.29 is 24.2 Å². The molecular formula is C19H25ClN2O5. The number of carboxylic acid groups (broad SMARTS) is 1. The second-order valence-corrected chi connectivity index (χ2v) is 7.96. The summed E-state index contributed by atoms with van der Waals surface area (Å²) < 4.78 is 5.23. The number of carbonyl (C=O) groups is 3. The first-order valence-corrected chi connectivity index (χ1v) is 9.25. The molecule has 2 atom stereocenters. The highest BCUT2D eigenvalue weighted by atomic mass is 35.5. The Hall–Kier alpha value is -2.28. The summed E-state index contributed by atoms with van der Waals surface area (Å²) >= 11 is 6.00. The summed E-state index contributed by atoms with van der Waals surface area (Å²) in [7, 11) is 0. The van der Waals surface area contributed by atoms with Gasteiger partial charge in [-0.3, -0.25) is 9.69 Å². The molecule has 7 nitrogen and oxygen atoms in total. The molecule has 1 aromatic carbocycles. The van der Waals surface area contributed by atoms with Gasteiger partial charge >= 0.3 is 12.1 Å². The molecule has 0 unspecified atom stereocenters. The standard InChI is InChI=1S/C19H25ClN2O5/c1-5-6-13(21-18(26)27-19(2,3)4)16(23)22-14-8-7-12(20)9-11(14)10-15(22)17(24)25/h7-9,13,15H,5-6,10H2,1-4H3,(H,21,26)(H,24,25)/t13-,15+/m0/s1. The zero-order valence-electron chi connectivity index (χ0n) is 15.9. The lowest BCUT2D eigenvalue weighted by Crippen LogP contribution is -2.53. The molecule has 8 heteroatoms. The van der Waals surface area contributed by atoms with Crippen molar-refractivity contribution >= 4 is 35.3 Å². The zero-order chi connectivity index (χ0) is 20.4. The third kappa shape index (κ3) is 5.13. The molecule has 0 radical (unpaired) electrons. The van der Waals surface area contributed by atoms with E-state index in [1.165, 1.54) is 4.90 Å². The molecule has 1 aliphatic rings. The van der Waals surface area contributed by atoms with Gasteiger partial charge in [-0.1, -0.05) is 24.9 Å². The predicted molar refractivity (Wildman–Crippen MR) is 102 cm³/mol. The van der Waals surface area contributed by atoms with Gasteiger partial charge in [0.05, 0.1) is 0 Å². The van der Waals surface area contributed by atoms with Crippen LogP contribution in [-0.4, -0.2) is 40.8 Å². The van der Waals surface area contributed by atoms with Gasteiger partial charge in [0.1, 0.15) is 17.7 Å².